The third kappa shape index (κ3) is 2.30. The number of hydrogen-bond donors (Lipinski definition) is 0. The zero-order valence-electron chi connectivity index (χ0n) is 17.5. The molecule has 2 aromatic rings. The van der Waals surface area contributed by atoms with E-state index in [9.17, 15) is 4.79 Å². The second-order valence-electron chi connectivity index (χ2n) is 10.4. The SMILES string of the molecule is CC12CC[C@@H]3C(CCC4=CC(=O)CCC43C)C1CC=C2n1cnc2ccccc21. The molecule has 0 saturated heterocycles. The lowest BCUT2D eigenvalue weighted by molar-refractivity contribution is -0.117. The number of aromatic nitrogens is 2. The number of imidazole rings is 1. The second-order valence-corrected chi connectivity index (χ2v) is 10.4. The molecule has 0 amide bonds. The quantitative estimate of drug-likeness (QED) is 0.601. The average molecular weight is 387 g/mol. The summed E-state index contributed by atoms with van der Waals surface area (Å²) in [5.74, 6) is 2.58. The summed E-state index contributed by atoms with van der Waals surface area (Å²) < 4.78 is 2.37. The minimum absolute atomic E-state index is 0.229. The third-order valence-corrected chi connectivity index (χ3v) is 9.21. The summed E-state index contributed by atoms with van der Waals surface area (Å²) in [5, 5.41) is 0. The minimum Gasteiger partial charge on any atom is -0.302 e. The van der Waals surface area contributed by atoms with E-state index in [1.54, 1.807) is 0 Å². The molecule has 150 valence electrons. The van der Waals surface area contributed by atoms with Crippen LogP contribution in [-0.4, -0.2) is 15.3 Å². The van der Waals surface area contributed by atoms with Crippen LogP contribution in [0.3, 0.4) is 0 Å². The maximum absolute atomic E-state index is 12.0. The van der Waals surface area contributed by atoms with Crippen LogP contribution in [0.2, 0.25) is 0 Å². The number of allylic oxidation sites excluding steroid dienone is 4. The summed E-state index contributed by atoms with van der Waals surface area (Å²) in [6.45, 7) is 4.98. The fourth-order valence-corrected chi connectivity index (χ4v) is 7.63. The van der Waals surface area contributed by atoms with Crippen molar-refractivity contribution in [2.24, 2.45) is 28.6 Å². The first-order valence-corrected chi connectivity index (χ1v) is 11.4. The monoisotopic (exact) mass is 386 g/mol. The molecule has 0 aliphatic heterocycles. The Labute approximate surface area is 172 Å². The molecule has 29 heavy (non-hydrogen) atoms. The Hall–Kier alpha value is -2.16. The van der Waals surface area contributed by atoms with Gasteiger partial charge in [0.15, 0.2) is 5.78 Å². The predicted octanol–water partition coefficient (Wildman–Crippen LogP) is 6.02. The molecule has 2 saturated carbocycles. The number of ketones is 1. The molecule has 0 radical (unpaired) electrons. The summed E-state index contributed by atoms with van der Waals surface area (Å²) in [6, 6.07) is 8.50. The maximum Gasteiger partial charge on any atom is 0.155 e. The van der Waals surface area contributed by atoms with Crippen LogP contribution in [0.5, 0.6) is 0 Å². The van der Waals surface area contributed by atoms with Gasteiger partial charge in [-0.2, -0.15) is 0 Å². The summed E-state index contributed by atoms with van der Waals surface area (Å²) >= 11 is 0. The highest BCUT2D eigenvalue weighted by molar-refractivity contribution is 5.91. The zero-order valence-corrected chi connectivity index (χ0v) is 17.5. The summed E-state index contributed by atoms with van der Waals surface area (Å²) in [5.41, 5.74) is 5.73. The molecule has 3 nitrogen and oxygen atoms in total. The number of rotatable bonds is 1. The Morgan fingerprint density at radius 1 is 1.03 bits per heavy atom. The molecular weight excluding hydrogens is 356 g/mol. The van der Waals surface area contributed by atoms with Crippen molar-refractivity contribution in [1.29, 1.82) is 0 Å². The molecule has 6 rings (SSSR count). The normalized spacial score (nSPS) is 38.8. The Kier molecular flexibility index (Phi) is 3.62. The molecule has 4 unspecified atom stereocenters. The summed E-state index contributed by atoms with van der Waals surface area (Å²) in [7, 11) is 0. The third-order valence-electron chi connectivity index (χ3n) is 9.21. The van der Waals surface area contributed by atoms with Crippen molar-refractivity contribution >= 4 is 22.5 Å². The van der Waals surface area contributed by atoms with Gasteiger partial charge in [-0.1, -0.05) is 37.6 Å². The average Bonchev–Trinajstić information content (AvgIpc) is 3.29. The van der Waals surface area contributed by atoms with Gasteiger partial charge in [-0.05, 0) is 79.9 Å². The van der Waals surface area contributed by atoms with Gasteiger partial charge in [-0.25, -0.2) is 4.98 Å². The van der Waals surface area contributed by atoms with Gasteiger partial charge in [0, 0.05) is 17.5 Å². The molecule has 3 heteroatoms. The number of fused-ring (bicyclic) bond motifs is 6. The molecule has 0 bridgehead atoms. The Balaban J connectivity index is 1.37. The molecule has 1 aromatic heterocycles. The van der Waals surface area contributed by atoms with Crippen molar-refractivity contribution in [3.05, 3.63) is 48.3 Å². The number of benzene rings is 1. The number of para-hydroxylation sites is 2. The lowest BCUT2D eigenvalue weighted by Gasteiger charge is -2.57. The molecule has 4 aliphatic carbocycles. The lowest BCUT2D eigenvalue weighted by Crippen LogP contribution is -2.50. The first kappa shape index (κ1) is 17.7. The smallest absolute Gasteiger partial charge is 0.155 e. The van der Waals surface area contributed by atoms with Gasteiger partial charge < -0.3 is 4.57 Å². The first-order valence-electron chi connectivity index (χ1n) is 11.4. The number of nitrogens with zero attached hydrogens (tertiary/aromatic N) is 2. The van der Waals surface area contributed by atoms with E-state index in [4.69, 9.17) is 0 Å². The Morgan fingerprint density at radius 3 is 2.79 bits per heavy atom. The number of carbonyl (C=O) groups is 1. The van der Waals surface area contributed by atoms with E-state index in [2.05, 4.69) is 53.7 Å². The van der Waals surface area contributed by atoms with Gasteiger partial charge in [0.2, 0.25) is 0 Å². The summed E-state index contributed by atoms with van der Waals surface area (Å²) in [4.78, 5) is 16.7. The van der Waals surface area contributed by atoms with Crippen LogP contribution in [0.1, 0.15) is 58.8 Å². The lowest BCUT2D eigenvalue weighted by atomic mass is 9.47. The fraction of sp³-hybridized carbons (Fsp3) is 0.538. The van der Waals surface area contributed by atoms with Gasteiger partial charge in [0.25, 0.3) is 0 Å². The van der Waals surface area contributed by atoms with Crippen molar-refractivity contribution in [1.82, 2.24) is 9.55 Å². The Bertz CT molecular complexity index is 1080. The molecular formula is C26H30N2O. The van der Waals surface area contributed by atoms with Crippen molar-refractivity contribution < 1.29 is 4.79 Å². The molecule has 5 atom stereocenters. The van der Waals surface area contributed by atoms with Gasteiger partial charge >= 0.3 is 0 Å². The predicted molar refractivity (Wildman–Crippen MR) is 116 cm³/mol. The molecule has 4 aliphatic rings. The van der Waals surface area contributed by atoms with Crippen LogP contribution in [-0.2, 0) is 4.79 Å². The maximum atomic E-state index is 12.0. The molecule has 1 heterocycles. The van der Waals surface area contributed by atoms with Gasteiger partial charge in [-0.3, -0.25) is 4.79 Å². The van der Waals surface area contributed by atoms with Crippen LogP contribution >= 0.6 is 0 Å². The molecule has 1 aromatic carbocycles. The van der Waals surface area contributed by atoms with E-state index in [1.165, 1.54) is 42.5 Å². The fourth-order valence-electron chi connectivity index (χ4n) is 7.63. The van der Waals surface area contributed by atoms with E-state index in [-0.39, 0.29) is 10.8 Å². The number of hydrogen-bond acceptors (Lipinski definition) is 2. The standard InChI is InChI=1S/C26H30N2O/c1-25-13-11-18(29)15-17(25)7-8-19-20-9-10-24(26(20,2)14-12-21(19)25)28-16-27-22-5-3-4-6-23(22)28/h3-6,10,15-16,19-21H,7-9,11-14H2,1-2H3/t19?,20?,21-,25?,26?/m1/s1. The highest BCUT2D eigenvalue weighted by Crippen LogP contribution is 2.66. The van der Waals surface area contributed by atoms with E-state index in [0.717, 1.165) is 36.6 Å². The van der Waals surface area contributed by atoms with Crippen molar-refractivity contribution in [2.75, 3.05) is 0 Å². The van der Waals surface area contributed by atoms with E-state index in [1.807, 2.05) is 12.4 Å². The van der Waals surface area contributed by atoms with Crippen molar-refractivity contribution in [2.45, 2.75) is 58.8 Å². The van der Waals surface area contributed by atoms with Crippen LogP contribution < -0.4 is 0 Å². The highest BCUT2D eigenvalue weighted by atomic mass is 16.1. The topological polar surface area (TPSA) is 34.9 Å². The largest absolute Gasteiger partial charge is 0.302 e. The van der Waals surface area contributed by atoms with E-state index < -0.39 is 0 Å². The van der Waals surface area contributed by atoms with Gasteiger partial charge in [0.05, 0.1) is 11.0 Å². The second kappa shape index (κ2) is 5.93. The van der Waals surface area contributed by atoms with Gasteiger partial charge in [-0.15, -0.1) is 0 Å². The summed E-state index contributed by atoms with van der Waals surface area (Å²) in [6.07, 6.45) is 14.5. The number of carbonyl (C=O) groups excluding carboxylic acids is 1. The van der Waals surface area contributed by atoms with Crippen molar-refractivity contribution in [3.8, 4) is 0 Å². The molecule has 2 fully saturated rings. The first-order chi connectivity index (χ1) is 14.0. The van der Waals surface area contributed by atoms with Crippen LogP contribution in [0.4, 0.5) is 0 Å². The highest BCUT2D eigenvalue weighted by Gasteiger charge is 2.57. The van der Waals surface area contributed by atoms with Crippen LogP contribution in [0, 0.1) is 28.6 Å². The van der Waals surface area contributed by atoms with Crippen molar-refractivity contribution in [3.63, 3.8) is 0 Å². The van der Waals surface area contributed by atoms with Gasteiger partial charge in [0.1, 0.15) is 6.33 Å². The molecule has 0 spiro atoms. The van der Waals surface area contributed by atoms with E-state index >= 15 is 0 Å². The van der Waals surface area contributed by atoms with Crippen LogP contribution in [0.15, 0.2) is 48.3 Å². The molecule has 0 N–H and O–H groups in total. The minimum atomic E-state index is 0.229. The van der Waals surface area contributed by atoms with E-state index in [0.29, 0.717) is 11.7 Å². The van der Waals surface area contributed by atoms with Crippen LogP contribution in [0.25, 0.3) is 16.7 Å². The Morgan fingerprint density at radius 2 is 1.90 bits per heavy atom. The zero-order chi connectivity index (χ0) is 19.8.